The van der Waals surface area contributed by atoms with Crippen LogP contribution in [-0.2, 0) is 18.7 Å². The number of methoxy groups -OCH3 is 1. The van der Waals surface area contributed by atoms with Gasteiger partial charge in [-0.25, -0.2) is 4.79 Å². The van der Waals surface area contributed by atoms with E-state index in [2.05, 4.69) is 33.9 Å². The molecule has 0 aromatic carbocycles. The van der Waals surface area contributed by atoms with Crippen molar-refractivity contribution >= 4 is 14.3 Å². The highest BCUT2D eigenvalue weighted by Gasteiger charge is 2.54. The summed E-state index contributed by atoms with van der Waals surface area (Å²) in [7, 11) is -0.700. The van der Waals surface area contributed by atoms with Crippen LogP contribution in [0.3, 0.4) is 0 Å². The second kappa shape index (κ2) is 5.52. The van der Waals surface area contributed by atoms with Crippen LogP contribution in [-0.4, -0.2) is 50.9 Å². The number of hydrogen-bond acceptors (Lipinski definition) is 5. The van der Waals surface area contributed by atoms with Crippen LogP contribution >= 0.6 is 0 Å². The Hall–Kier alpha value is -0.433. The quantitative estimate of drug-likeness (QED) is 0.630. The van der Waals surface area contributed by atoms with Gasteiger partial charge in [0.25, 0.3) is 0 Å². The Morgan fingerprint density at radius 3 is 2.26 bits per heavy atom. The lowest BCUT2D eigenvalue weighted by atomic mass is 9.97. The predicted octanol–water partition coefficient (Wildman–Crippen LogP) is 1.70. The number of aliphatic hydroxyl groups excluding tert-OH is 1. The fourth-order valence-electron chi connectivity index (χ4n) is 1.75. The minimum absolute atomic E-state index is 0.0342. The largest absolute Gasteiger partial charge is 0.467 e. The zero-order valence-electron chi connectivity index (χ0n) is 12.9. The van der Waals surface area contributed by atoms with Gasteiger partial charge in [-0.1, -0.05) is 20.8 Å². The smallest absolute Gasteiger partial charge is 0.337 e. The Kier molecular flexibility index (Phi) is 4.82. The van der Waals surface area contributed by atoms with Crippen LogP contribution in [0.15, 0.2) is 0 Å². The lowest BCUT2D eigenvalue weighted by Crippen LogP contribution is -2.66. The van der Waals surface area contributed by atoms with Crippen molar-refractivity contribution < 1.29 is 23.8 Å². The van der Waals surface area contributed by atoms with Crippen molar-refractivity contribution in [1.29, 1.82) is 0 Å². The highest BCUT2D eigenvalue weighted by Crippen LogP contribution is 2.41. The first kappa shape index (κ1) is 16.6. The molecule has 1 rings (SSSR count). The molecule has 19 heavy (non-hydrogen) atoms. The second-order valence-electron chi connectivity index (χ2n) is 6.63. The van der Waals surface area contributed by atoms with Gasteiger partial charge in [0.2, 0.25) is 0 Å². The summed E-state index contributed by atoms with van der Waals surface area (Å²) in [4.78, 5) is 11.6. The number of hydrogen-bond donors (Lipinski definition) is 1. The Morgan fingerprint density at radius 2 is 1.89 bits per heavy atom. The van der Waals surface area contributed by atoms with Crippen molar-refractivity contribution in [3.63, 3.8) is 0 Å². The van der Waals surface area contributed by atoms with E-state index in [4.69, 9.17) is 13.9 Å². The summed E-state index contributed by atoms with van der Waals surface area (Å²) < 4.78 is 16.3. The minimum Gasteiger partial charge on any atom is -0.467 e. The Balaban J connectivity index is 2.83. The van der Waals surface area contributed by atoms with E-state index in [1.165, 1.54) is 7.11 Å². The van der Waals surface area contributed by atoms with Gasteiger partial charge in [0.1, 0.15) is 12.2 Å². The summed E-state index contributed by atoms with van der Waals surface area (Å²) in [5, 5.41) is 9.71. The van der Waals surface area contributed by atoms with Crippen LogP contribution in [0.4, 0.5) is 0 Å². The van der Waals surface area contributed by atoms with Gasteiger partial charge in [0.15, 0.2) is 14.4 Å². The first-order valence-corrected chi connectivity index (χ1v) is 9.51. The summed E-state index contributed by atoms with van der Waals surface area (Å²) in [5.74, 6) is -0.444. The minimum atomic E-state index is -2.02. The summed E-state index contributed by atoms with van der Waals surface area (Å²) in [6, 6.07) is 0. The summed E-state index contributed by atoms with van der Waals surface area (Å²) in [6.45, 7) is 12.2. The molecule has 1 heterocycles. The lowest BCUT2D eigenvalue weighted by molar-refractivity contribution is -0.247. The van der Waals surface area contributed by atoms with Gasteiger partial charge >= 0.3 is 5.97 Å². The van der Waals surface area contributed by atoms with E-state index in [0.717, 1.165) is 0 Å². The average molecular weight is 290 g/mol. The fourth-order valence-corrected chi connectivity index (χ4v) is 3.04. The van der Waals surface area contributed by atoms with Gasteiger partial charge in [0, 0.05) is 0 Å². The molecule has 0 saturated carbocycles. The first-order chi connectivity index (χ1) is 8.51. The third kappa shape index (κ3) is 3.37. The van der Waals surface area contributed by atoms with Crippen LogP contribution in [0.25, 0.3) is 0 Å². The van der Waals surface area contributed by atoms with Crippen molar-refractivity contribution in [3.05, 3.63) is 0 Å². The van der Waals surface area contributed by atoms with Crippen LogP contribution in [0, 0.1) is 0 Å². The third-order valence-electron chi connectivity index (χ3n) is 4.07. The van der Waals surface area contributed by atoms with Gasteiger partial charge in [-0.3, -0.25) is 0 Å². The summed E-state index contributed by atoms with van der Waals surface area (Å²) >= 11 is 0. The molecule has 1 aliphatic rings. The van der Waals surface area contributed by atoms with Crippen LogP contribution in [0.2, 0.25) is 18.1 Å². The molecule has 6 heteroatoms. The average Bonchev–Trinajstić information content (AvgIpc) is 2.22. The number of carbonyl (C=O) groups is 1. The number of ether oxygens (including phenoxy) is 2. The maximum absolute atomic E-state index is 11.6. The highest BCUT2D eigenvalue weighted by atomic mass is 28.4. The molecule has 1 aliphatic heterocycles. The van der Waals surface area contributed by atoms with E-state index in [1.54, 1.807) is 6.92 Å². The molecular formula is C13H26O5Si. The first-order valence-electron chi connectivity index (χ1n) is 6.60. The normalized spacial score (nSPS) is 29.6. The topological polar surface area (TPSA) is 65.0 Å². The molecule has 1 N–H and O–H groups in total. The second-order valence-corrected chi connectivity index (χ2v) is 11.4. The van der Waals surface area contributed by atoms with Gasteiger partial charge in [-0.15, -0.1) is 0 Å². The maximum Gasteiger partial charge on any atom is 0.337 e. The fraction of sp³-hybridized carbons (Fsp3) is 0.923. The van der Waals surface area contributed by atoms with E-state index in [1.807, 2.05) is 0 Å². The van der Waals surface area contributed by atoms with Gasteiger partial charge in [-0.2, -0.15) is 0 Å². The molecule has 4 atom stereocenters. The molecular weight excluding hydrogens is 264 g/mol. The molecule has 0 radical (unpaired) electrons. The van der Waals surface area contributed by atoms with E-state index in [9.17, 15) is 9.90 Å². The zero-order chi connectivity index (χ0) is 15.0. The number of esters is 1. The van der Waals surface area contributed by atoms with Crippen molar-refractivity contribution in [2.45, 2.75) is 70.2 Å². The standard InChI is InChI=1S/C13H26O5Si/c1-8(14)9-10(11(17-9)12(15)16-5)18-19(6,7)13(2,3)4/h8-11,14H,1-7H3/t8-,9-,10+,11+/m0/s1. The van der Waals surface area contributed by atoms with E-state index in [0.29, 0.717) is 0 Å². The molecule has 0 aromatic heterocycles. The van der Waals surface area contributed by atoms with E-state index < -0.39 is 38.7 Å². The van der Waals surface area contributed by atoms with Crippen LogP contribution in [0.1, 0.15) is 27.7 Å². The Labute approximate surface area is 116 Å². The molecule has 1 saturated heterocycles. The molecule has 0 aromatic rings. The predicted molar refractivity (Wildman–Crippen MR) is 74.4 cm³/mol. The molecule has 0 aliphatic carbocycles. The molecule has 0 amide bonds. The van der Waals surface area contributed by atoms with Gasteiger partial charge in [-0.05, 0) is 25.1 Å². The number of rotatable bonds is 4. The van der Waals surface area contributed by atoms with Gasteiger partial charge in [0.05, 0.1) is 13.2 Å². The monoisotopic (exact) mass is 290 g/mol. The summed E-state index contributed by atoms with van der Waals surface area (Å²) in [5.41, 5.74) is 0. The SMILES string of the molecule is COC(=O)[C@@H]1O[C@@H]([C@H](C)O)[C@H]1O[Si](C)(C)C(C)(C)C. The van der Waals surface area contributed by atoms with Crippen LogP contribution < -0.4 is 0 Å². The van der Waals surface area contributed by atoms with E-state index >= 15 is 0 Å². The zero-order valence-corrected chi connectivity index (χ0v) is 13.9. The number of aliphatic hydroxyl groups is 1. The van der Waals surface area contributed by atoms with Gasteiger partial charge < -0.3 is 19.0 Å². The molecule has 5 nitrogen and oxygen atoms in total. The van der Waals surface area contributed by atoms with Crippen molar-refractivity contribution in [2.24, 2.45) is 0 Å². The maximum atomic E-state index is 11.6. The van der Waals surface area contributed by atoms with Crippen molar-refractivity contribution in [1.82, 2.24) is 0 Å². The molecule has 0 unspecified atom stereocenters. The molecule has 0 bridgehead atoms. The molecule has 0 spiro atoms. The highest BCUT2D eigenvalue weighted by molar-refractivity contribution is 6.74. The van der Waals surface area contributed by atoms with E-state index in [-0.39, 0.29) is 5.04 Å². The Morgan fingerprint density at radius 1 is 1.37 bits per heavy atom. The molecule has 1 fully saturated rings. The van der Waals surface area contributed by atoms with Crippen molar-refractivity contribution in [2.75, 3.05) is 7.11 Å². The molecule has 112 valence electrons. The number of carbonyl (C=O) groups excluding carboxylic acids is 1. The third-order valence-corrected chi connectivity index (χ3v) is 8.55. The van der Waals surface area contributed by atoms with Crippen molar-refractivity contribution in [3.8, 4) is 0 Å². The Bertz CT molecular complexity index is 334. The van der Waals surface area contributed by atoms with Crippen LogP contribution in [0.5, 0.6) is 0 Å². The summed E-state index contributed by atoms with van der Waals surface area (Å²) in [6.07, 6.45) is -2.28. The lowest BCUT2D eigenvalue weighted by Gasteiger charge is -2.49.